The van der Waals surface area contributed by atoms with Crippen LogP contribution in [0.4, 0.5) is 17.2 Å². The first kappa shape index (κ1) is 16.1. The second-order valence-electron chi connectivity index (χ2n) is 6.55. The van der Waals surface area contributed by atoms with E-state index in [4.69, 9.17) is 0 Å². The molecule has 2 heterocycles. The van der Waals surface area contributed by atoms with Crippen LogP contribution in [-0.4, -0.2) is 28.5 Å². The summed E-state index contributed by atoms with van der Waals surface area (Å²) in [5.74, 6) is 0.738. The van der Waals surface area contributed by atoms with Gasteiger partial charge in [-0.25, -0.2) is 9.97 Å². The molecule has 0 fully saturated rings. The van der Waals surface area contributed by atoms with Crippen LogP contribution >= 0.6 is 0 Å². The maximum Gasteiger partial charge on any atom is 0.180 e. The summed E-state index contributed by atoms with van der Waals surface area (Å²) in [5.41, 5.74) is 6.34. The number of imidazole rings is 1. The summed E-state index contributed by atoms with van der Waals surface area (Å²) in [6.45, 7) is 2.09. The van der Waals surface area contributed by atoms with Crippen LogP contribution in [0.5, 0.6) is 0 Å². The van der Waals surface area contributed by atoms with Gasteiger partial charge in [0, 0.05) is 43.4 Å². The Morgan fingerprint density at radius 3 is 2.58 bits per heavy atom. The summed E-state index contributed by atoms with van der Waals surface area (Å²) in [5, 5.41) is 3.39. The van der Waals surface area contributed by atoms with Crippen LogP contribution < -0.4 is 10.2 Å². The monoisotopic (exact) mass is 343 g/mol. The van der Waals surface area contributed by atoms with Gasteiger partial charge in [-0.15, -0.1) is 0 Å². The van der Waals surface area contributed by atoms with E-state index in [0.717, 1.165) is 34.1 Å². The Balaban J connectivity index is 1.73. The number of rotatable bonds is 4. The second-order valence-corrected chi connectivity index (χ2v) is 6.55. The molecular formula is C21H21N5. The van der Waals surface area contributed by atoms with Crippen molar-refractivity contribution in [2.24, 2.45) is 0 Å². The van der Waals surface area contributed by atoms with Crippen molar-refractivity contribution in [2.45, 2.75) is 6.92 Å². The van der Waals surface area contributed by atoms with Crippen molar-refractivity contribution in [1.29, 1.82) is 0 Å². The Hall–Kier alpha value is -3.34. The Morgan fingerprint density at radius 2 is 1.81 bits per heavy atom. The Bertz CT molecular complexity index is 1050. The van der Waals surface area contributed by atoms with Crippen molar-refractivity contribution in [3.05, 3.63) is 72.7 Å². The number of fused-ring (bicyclic) bond motifs is 1. The summed E-state index contributed by atoms with van der Waals surface area (Å²) in [4.78, 5) is 11.2. The minimum atomic E-state index is 0.738. The highest BCUT2D eigenvalue weighted by Crippen LogP contribution is 2.26. The molecule has 0 aliphatic rings. The van der Waals surface area contributed by atoms with Gasteiger partial charge in [-0.05, 0) is 25.1 Å². The minimum absolute atomic E-state index is 0.738. The molecule has 0 amide bonds. The standard InChI is InChI=1S/C21H21N5/c1-15-7-9-16(10-8-15)19-14-23-21-20(22-11-12-26(19)21)24-17-5-4-6-18(13-17)25(2)3/h4-14H,1-3H3,(H,22,24). The van der Waals surface area contributed by atoms with Crippen molar-refractivity contribution in [2.75, 3.05) is 24.3 Å². The summed E-state index contributed by atoms with van der Waals surface area (Å²) in [7, 11) is 4.06. The molecule has 5 nitrogen and oxygen atoms in total. The summed E-state index contributed by atoms with van der Waals surface area (Å²) in [6, 6.07) is 16.7. The van der Waals surface area contributed by atoms with E-state index in [2.05, 4.69) is 67.9 Å². The number of benzene rings is 2. The number of nitrogens with one attached hydrogen (secondary N) is 1. The average molecular weight is 343 g/mol. The van der Waals surface area contributed by atoms with Gasteiger partial charge in [0.15, 0.2) is 11.5 Å². The summed E-state index contributed by atoms with van der Waals surface area (Å²) in [6.07, 6.45) is 5.63. The maximum atomic E-state index is 4.60. The molecule has 0 saturated heterocycles. The molecule has 0 spiro atoms. The van der Waals surface area contributed by atoms with Gasteiger partial charge in [-0.1, -0.05) is 35.9 Å². The lowest BCUT2D eigenvalue weighted by Gasteiger charge is -2.14. The minimum Gasteiger partial charge on any atom is -0.378 e. The van der Waals surface area contributed by atoms with Crippen LogP contribution in [0.2, 0.25) is 0 Å². The summed E-state index contributed by atoms with van der Waals surface area (Å²) >= 11 is 0. The molecule has 0 bridgehead atoms. The zero-order chi connectivity index (χ0) is 18.1. The van der Waals surface area contributed by atoms with Gasteiger partial charge in [0.05, 0.1) is 11.9 Å². The van der Waals surface area contributed by atoms with Crippen LogP contribution in [0.1, 0.15) is 5.56 Å². The molecule has 0 saturated carbocycles. The lowest BCUT2D eigenvalue weighted by atomic mass is 10.1. The number of aryl methyl sites for hydroxylation is 1. The van der Waals surface area contributed by atoms with Crippen LogP contribution in [-0.2, 0) is 0 Å². The van der Waals surface area contributed by atoms with Crippen molar-refractivity contribution in [3.63, 3.8) is 0 Å². The highest BCUT2D eigenvalue weighted by molar-refractivity contribution is 5.75. The lowest BCUT2D eigenvalue weighted by Crippen LogP contribution is -2.08. The van der Waals surface area contributed by atoms with Crippen LogP contribution in [0.3, 0.4) is 0 Å². The maximum absolute atomic E-state index is 4.60. The normalized spacial score (nSPS) is 10.9. The van der Waals surface area contributed by atoms with Gasteiger partial charge in [-0.3, -0.25) is 4.40 Å². The van der Waals surface area contributed by atoms with E-state index in [9.17, 15) is 0 Å². The molecule has 26 heavy (non-hydrogen) atoms. The molecule has 5 heteroatoms. The zero-order valence-electron chi connectivity index (χ0n) is 15.1. The van der Waals surface area contributed by atoms with Gasteiger partial charge in [0.25, 0.3) is 0 Å². The van der Waals surface area contributed by atoms with Crippen LogP contribution in [0.25, 0.3) is 16.9 Å². The molecular weight excluding hydrogens is 322 g/mol. The molecule has 4 rings (SSSR count). The smallest absolute Gasteiger partial charge is 0.180 e. The van der Waals surface area contributed by atoms with Gasteiger partial charge in [0.2, 0.25) is 0 Å². The van der Waals surface area contributed by atoms with Crippen molar-refractivity contribution >= 4 is 22.8 Å². The van der Waals surface area contributed by atoms with E-state index in [1.165, 1.54) is 5.56 Å². The van der Waals surface area contributed by atoms with E-state index >= 15 is 0 Å². The molecule has 2 aromatic carbocycles. The first-order valence-corrected chi connectivity index (χ1v) is 8.55. The Morgan fingerprint density at radius 1 is 1.00 bits per heavy atom. The van der Waals surface area contributed by atoms with Gasteiger partial charge >= 0.3 is 0 Å². The van der Waals surface area contributed by atoms with E-state index < -0.39 is 0 Å². The molecule has 0 unspecified atom stereocenters. The second kappa shape index (κ2) is 6.52. The van der Waals surface area contributed by atoms with Crippen molar-refractivity contribution in [3.8, 4) is 11.3 Å². The van der Waals surface area contributed by atoms with Crippen molar-refractivity contribution in [1.82, 2.24) is 14.4 Å². The topological polar surface area (TPSA) is 45.5 Å². The largest absolute Gasteiger partial charge is 0.378 e. The van der Waals surface area contributed by atoms with E-state index in [1.54, 1.807) is 6.20 Å². The average Bonchev–Trinajstić information content (AvgIpc) is 3.08. The quantitative estimate of drug-likeness (QED) is 0.592. The molecule has 2 aromatic heterocycles. The van der Waals surface area contributed by atoms with Gasteiger partial charge in [-0.2, -0.15) is 0 Å². The molecule has 4 aromatic rings. The highest BCUT2D eigenvalue weighted by atomic mass is 15.1. The molecule has 0 radical (unpaired) electrons. The predicted molar refractivity (Wildman–Crippen MR) is 107 cm³/mol. The molecule has 1 N–H and O–H groups in total. The number of hydrogen-bond donors (Lipinski definition) is 1. The number of nitrogens with zero attached hydrogens (tertiary/aromatic N) is 4. The zero-order valence-corrected chi connectivity index (χ0v) is 15.1. The molecule has 0 aliphatic carbocycles. The van der Waals surface area contributed by atoms with Gasteiger partial charge < -0.3 is 10.2 Å². The Labute approximate surface area is 153 Å². The van der Waals surface area contributed by atoms with Crippen molar-refractivity contribution < 1.29 is 0 Å². The third kappa shape index (κ3) is 2.99. The fraction of sp³-hybridized carbons (Fsp3) is 0.143. The van der Waals surface area contributed by atoms with Crippen LogP contribution in [0, 0.1) is 6.92 Å². The van der Waals surface area contributed by atoms with E-state index in [0.29, 0.717) is 0 Å². The lowest BCUT2D eigenvalue weighted by molar-refractivity contribution is 1.12. The SMILES string of the molecule is Cc1ccc(-c2cnc3c(Nc4cccc(N(C)C)c4)nccn23)cc1. The third-order valence-electron chi connectivity index (χ3n) is 4.40. The highest BCUT2D eigenvalue weighted by Gasteiger charge is 2.10. The molecule has 0 aliphatic heterocycles. The Kier molecular flexibility index (Phi) is 4.05. The molecule has 0 atom stereocenters. The number of hydrogen-bond acceptors (Lipinski definition) is 4. The number of aromatic nitrogens is 3. The van der Waals surface area contributed by atoms with E-state index in [-0.39, 0.29) is 0 Å². The fourth-order valence-electron chi connectivity index (χ4n) is 2.94. The van der Waals surface area contributed by atoms with Crippen LogP contribution in [0.15, 0.2) is 67.1 Å². The summed E-state index contributed by atoms with van der Waals surface area (Å²) < 4.78 is 2.07. The van der Waals surface area contributed by atoms with E-state index in [1.807, 2.05) is 38.6 Å². The fourth-order valence-corrected chi connectivity index (χ4v) is 2.94. The first-order valence-electron chi connectivity index (χ1n) is 8.55. The van der Waals surface area contributed by atoms with Gasteiger partial charge in [0.1, 0.15) is 0 Å². The number of anilines is 3. The predicted octanol–water partition coefficient (Wildman–Crippen LogP) is 4.51. The molecule has 130 valence electrons. The first-order chi connectivity index (χ1) is 12.6. The third-order valence-corrected chi connectivity index (χ3v) is 4.40.